The van der Waals surface area contributed by atoms with E-state index < -0.39 is 0 Å². The van der Waals surface area contributed by atoms with Crippen LogP contribution >= 0.6 is 0 Å². The molecule has 2 aliphatic rings. The minimum atomic E-state index is -0.362. The van der Waals surface area contributed by atoms with Gasteiger partial charge in [-0.2, -0.15) is 0 Å². The van der Waals surface area contributed by atoms with Gasteiger partial charge in [-0.25, -0.2) is 4.98 Å². The molecular weight excluding hydrogens is 260 g/mol. The SMILES string of the molecule is O=C1CCC(NC(=O)c2cc(=O)[nH]c(C3CC3)n2)CN1. The second kappa shape index (κ2) is 5.07. The quantitative estimate of drug-likeness (QED) is 0.702. The van der Waals surface area contributed by atoms with E-state index in [1.807, 2.05) is 0 Å². The van der Waals surface area contributed by atoms with Crippen molar-refractivity contribution in [3.63, 3.8) is 0 Å². The molecule has 1 saturated carbocycles. The molecule has 7 heteroatoms. The van der Waals surface area contributed by atoms with Crippen LogP contribution in [-0.4, -0.2) is 34.4 Å². The summed E-state index contributed by atoms with van der Waals surface area (Å²) < 4.78 is 0. The van der Waals surface area contributed by atoms with Gasteiger partial charge in [-0.1, -0.05) is 0 Å². The van der Waals surface area contributed by atoms with Crippen molar-refractivity contribution in [3.05, 3.63) is 27.9 Å². The molecule has 2 heterocycles. The summed E-state index contributed by atoms with van der Waals surface area (Å²) in [6, 6.07) is 1.11. The lowest BCUT2D eigenvalue weighted by molar-refractivity contribution is -0.122. The molecule has 0 radical (unpaired) electrons. The number of piperidine rings is 1. The van der Waals surface area contributed by atoms with Crippen LogP contribution in [0, 0.1) is 0 Å². The Bertz CT molecular complexity index is 596. The van der Waals surface area contributed by atoms with Gasteiger partial charge in [-0.05, 0) is 19.3 Å². The first-order chi connectivity index (χ1) is 9.61. The van der Waals surface area contributed by atoms with Crippen LogP contribution in [0.5, 0.6) is 0 Å². The van der Waals surface area contributed by atoms with E-state index in [-0.39, 0.29) is 35.0 Å². The zero-order chi connectivity index (χ0) is 14.1. The third-order valence-corrected chi connectivity index (χ3v) is 3.56. The number of H-pyrrole nitrogens is 1. The molecule has 1 aromatic rings. The van der Waals surface area contributed by atoms with E-state index >= 15 is 0 Å². The number of amides is 2. The lowest BCUT2D eigenvalue weighted by Gasteiger charge is -2.23. The Hall–Kier alpha value is -2.18. The van der Waals surface area contributed by atoms with Gasteiger partial charge in [-0.3, -0.25) is 14.4 Å². The second-order valence-corrected chi connectivity index (χ2v) is 5.30. The van der Waals surface area contributed by atoms with E-state index in [1.165, 1.54) is 6.07 Å². The molecule has 106 valence electrons. The monoisotopic (exact) mass is 276 g/mol. The molecule has 1 aliphatic heterocycles. The summed E-state index contributed by atoms with van der Waals surface area (Å²) in [6.45, 7) is 0.420. The lowest BCUT2D eigenvalue weighted by Crippen LogP contribution is -2.48. The highest BCUT2D eigenvalue weighted by atomic mass is 16.2. The van der Waals surface area contributed by atoms with Crippen molar-refractivity contribution in [3.8, 4) is 0 Å². The summed E-state index contributed by atoms with van der Waals surface area (Å²) in [7, 11) is 0. The summed E-state index contributed by atoms with van der Waals surface area (Å²) in [6.07, 6.45) is 3.02. The Kier molecular flexibility index (Phi) is 3.25. The highest BCUT2D eigenvalue weighted by Gasteiger charge is 2.27. The number of hydrogen-bond acceptors (Lipinski definition) is 4. The molecule has 1 aromatic heterocycles. The molecule has 0 bridgehead atoms. The molecule has 1 atom stereocenters. The summed E-state index contributed by atoms with van der Waals surface area (Å²) in [5.74, 6) is 0.518. The maximum absolute atomic E-state index is 12.1. The molecule has 7 nitrogen and oxygen atoms in total. The number of carbonyl (C=O) groups is 2. The predicted molar refractivity (Wildman–Crippen MR) is 70.3 cm³/mol. The van der Waals surface area contributed by atoms with Crippen LogP contribution in [0.15, 0.2) is 10.9 Å². The molecule has 1 unspecified atom stereocenters. The van der Waals surface area contributed by atoms with Gasteiger partial charge in [0, 0.05) is 31.0 Å². The van der Waals surface area contributed by atoms with Gasteiger partial charge in [-0.15, -0.1) is 0 Å². The van der Waals surface area contributed by atoms with Crippen LogP contribution in [0.2, 0.25) is 0 Å². The van der Waals surface area contributed by atoms with Crippen LogP contribution in [-0.2, 0) is 4.79 Å². The highest BCUT2D eigenvalue weighted by molar-refractivity contribution is 5.92. The average molecular weight is 276 g/mol. The molecule has 3 N–H and O–H groups in total. The van der Waals surface area contributed by atoms with Crippen molar-refractivity contribution in [1.82, 2.24) is 20.6 Å². The van der Waals surface area contributed by atoms with Crippen LogP contribution < -0.4 is 16.2 Å². The van der Waals surface area contributed by atoms with Gasteiger partial charge in [0.1, 0.15) is 11.5 Å². The van der Waals surface area contributed by atoms with Gasteiger partial charge < -0.3 is 15.6 Å². The van der Waals surface area contributed by atoms with Crippen LogP contribution in [0.4, 0.5) is 0 Å². The largest absolute Gasteiger partial charge is 0.354 e. The van der Waals surface area contributed by atoms with Gasteiger partial charge in [0.15, 0.2) is 0 Å². The fraction of sp³-hybridized carbons (Fsp3) is 0.538. The van der Waals surface area contributed by atoms with E-state index in [2.05, 4.69) is 20.6 Å². The Morgan fingerprint density at radius 1 is 1.30 bits per heavy atom. The number of aromatic nitrogens is 2. The average Bonchev–Trinajstić information content (AvgIpc) is 3.25. The van der Waals surface area contributed by atoms with E-state index in [1.54, 1.807) is 0 Å². The van der Waals surface area contributed by atoms with Crippen molar-refractivity contribution < 1.29 is 9.59 Å². The number of nitrogens with one attached hydrogen (secondary N) is 3. The van der Waals surface area contributed by atoms with Crippen LogP contribution in [0.25, 0.3) is 0 Å². The smallest absolute Gasteiger partial charge is 0.270 e. The maximum atomic E-state index is 12.1. The molecule has 1 saturated heterocycles. The van der Waals surface area contributed by atoms with E-state index in [9.17, 15) is 14.4 Å². The summed E-state index contributed by atoms with van der Waals surface area (Å²) in [5, 5.41) is 5.50. The van der Waals surface area contributed by atoms with Crippen molar-refractivity contribution in [2.24, 2.45) is 0 Å². The molecule has 0 aromatic carbocycles. The van der Waals surface area contributed by atoms with Crippen LogP contribution in [0.3, 0.4) is 0 Å². The summed E-state index contributed by atoms with van der Waals surface area (Å²) in [5.41, 5.74) is -0.156. The second-order valence-electron chi connectivity index (χ2n) is 5.30. The minimum absolute atomic E-state index is 0.000740. The topological polar surface area (TPSA) is 104 Å². The summed E-state index contributed by atoms with van der Waals surface area (Å²) in [4.78, 5) is 41.6. The maximum Gasteiger partial charge on any atom is 0.270 e. The number of carbonyl (C=O) groups excluding carboxylic acids is 2. The number of rotatable bonds is 3. The Morgan fingerprint density at radius 2 is 2.10 bits per heavy atom. The Balaban J connectivity index is 1.70. The Morgan fingerprint density at radius 3 is 2.75 bits per heavy atom. The van der Waals surface area contributed by atoms with Crippen LogP contribution in [0.1, 0.15) is 47.9 Å². The fourth-order valence-electron chi connectivity index (χ4n) is 2.26. The van der Waals surface area contributed by atoms with E-state index in [4.69, 9.17) is 0 Å². The third-order valence-electron chi connectivity index (χ3n) is 3.56. The van der Waals surface area contributed by atoms with Gasteiger partial charge in [0.2, 0.25) is 5.91 Å². The molecule has 20 heavy (non-hydrogen) atoms. The number of nitrogens with zero attached hydrogens (tertiary/aromatic N) is 1. The van der Waals surface area contributed by atoms with Gasteiger partial charge >= 0.3 is 0 Å². The molecule has 1 aliphatic carbocycles. The van der Waals surface area contributed by atoms with Crippen molar-refractivity contribution in [2.45, 2.75) is 37.6 Å². The fourth-order valence-corrected chi connectivity index (χ4v) is 2.26. The molecule has 3 rings (SSSR count). The third kappa shape index (κ3) is 2.87. The zero-order valence-electron chi connectivity index (χ0n) is 10.9. The highest BCUT2D eigenvalue weighted by Crippen LogP contribution is 2.37. The molecule has 2 fully saturated rings. The summed E-state index contributed by atoms with van der Waals surface area (Å²) >= 11 is 0. The normalized spacial score (nSPS) is 22.2. The predicted octanol–water partition coefficient (Wildman–Crippen LogP) is -0.344. The standard InChI is InChI=1S/C13H16N4O3/c18-10-4-3-8(6-14-10)15-13(20)9-5-11(19)17-12(16-9)7-1-2-7/h5,7-8H,1-4,6H2,(H,14,18)(H,15,20)(H,16,17,19). The first-order valence-electron chi connectivity index (χ1n) is 6.80. The lowest BCUT2D eigenvalue weighted by atomic mass is 10.1. The zero-order valence-corrected chi connectivity index (χ0v) is 10.9. The molecule has 0 spiro atoms. The molecular formula is C13H16N4O3. The first-order valence-corrected chi connectivity index (χ1v) is 6.80. The first kappa shape index (κ1) is 12.8. The Labute approximate surface area is 115 Å². The van der Waals surface area contributed by atoms with Crippen molar-refractivity contribution >= 4 is 11.8 Å². The van der Waals surface area contributed by atoms with Crippen molar-refractivity contribution in [2.75, 3.05) is 6.54 Å². The molecule has 2 amide bonds. The number of hydrogen-bond donors (Lipinski definition) is 3. The van der Waals surface area contributed by atoms with E-state index in [0.29, 0.717) is 25.2 Å². The van der Waals surface area contributed by atoms with Crippen molar-refractivity contribution in [1.29, 1.82) is 0 Å². The van der Waals surface area contributed by atoms with E-state index in [0.717, 1.165) is 12.8 Å². The van der Waals surface area contributed by atoms with Gasteiger partial charge in [0.25, 0.3) is 11.5 Å². The minimum Gasteiger partial charge on any atom is -0.354 e. The van der Waals surface area contributed by atoms with Gasteiger partial charge in [0.05, 0.1) is 0 Å². The number of aromatic amines is 1.